The molecule has 0 bridgehead atoms. The van der Waals surface area contributed by atoms with Crippen molar-refractivity contribution in [3.05, 3.63) is 29.8 Å². The van der Waals surface area contributed by atoms with Gasteiger partial charge < -0.3 is 10.6 Å². The number of amides is 2. The van der Waals surface area contributed by atoms with Crippen LogP contribution in [-0.4, -0.2) is 23.6 Å². The highest BCUT2D eigenvalue weighted by Crippen LogP contribution is 2.10. The van der Waals surface area contributed by atoms with Crippen molar-refractivity contribution < 1.29 is 14.4 Å². The molecule has 19 heavy (non-hydrogen) atoms. The van der Waals surface area contributed by atoms with Gasteiger partial charge in [0, 0.05) is 17.3 Å². The smallest absolute Gasteiger partial charge is 0.233 e. The number of ketones is 1. The molecule has 0 aliphatic carbocycles. The van der Waals surface area contributed by atoms with Crippen molar-refractivity contribution in [2.75, 3.05) is 5.32 Å². The molecule has 0 fully saturated rings. The number of nitrogens with one attached hydrogen (secondary N) is 2. The van der Waals surface area contributed by atoms with E-state index in [2.05, 4.69) is 10.6 Å². The Kier molecular flexibility index (Phi) is 5.23. The van der Waals surface area contributed by atoms with E-state index in [-0.39, 0.29) is 30.1 Å². The zero-order chi connectivity index (χ0) is 14.4. The summed E-state index contributed by atoms with van der Waals surface area (Å²) in [5.41, 5.74) is 1.14. The van der Waals surface area contributed by atoms with E-state index in [1.54, 1.807) is 24.3 Å². The summed E-state index contributed by atoms with van der Waals surface area (Å²) in [6.45, 7) is 5.14. The van der Waals surface area contributed by atoms with Gasteiger partial charge in [-0.3, -0.25) is 14.4 Å². The van der Waals surface area contributed by atoms with E-state index >= 15 is 0 Å². The Labute approximate surface area is 112 Å². The summed E-state index contributed by atoms with van der Waals surface area (Å²) in [4.78, 5) is 34.1. The van der Waals surface area contributed by atoms with Gasteiger partial charge >= 0.3 is 0 Å². The lowest BCUT2D eigenvalue weighted by molar-refractivity contribution is -0.127. The number of benzene rings is 1. The fraction of sp³-hybridized carbons (Fsp3) is 0.357. The number of carbonyl (C=O) groups excluding carboxylic acids is 3. The fourth-order valence-corrected chi connectivity index (χ4v) is 1.51. The summed E-state index contributed by atoms with van der Waals surface area (Å²) in [5.74, 6) is -0.726. The predicted molar refractivity (Wildman–Crippen MR) is 73.0 cm³/mol. The molecular weight excluding hydrogens is 244 g/mol. The fourth-order valence-electron chi connectivity index (χ4n) is 1.51. The van der Waals surface area contributed by atoms with Crippen LogP contribution in [-0.2, 0) is 9.59 Å². The molecule has 0 saturated heterocycles. The molecular formula is C14H18N2O3. The van der Waals surface area contributed by atoms with Gasteiger partial charge in [0.25, 0.3) is 0 Å². The second-order valence-electron chi connectivity index (χ2n) is 4.58. The lowest BCUT2D eigenvalue weighted by atomic mass is 10.1. The molecule has 0 aliphatic rings. The average Bonchev–Trinajstić information content (AvgIpc) is 2.27. The third-order valence-electron chi connectivity index (χ3n) is 2.35. The maximum Gasteiger partial charge on any atom is 0.233 e. The van der Waals surface area contributed by atoms with E-state index in [0.717, 1.165) is 0 Å². The van der Waals surface area contributed by atoms with Gasteiger partial charge in [0.15, 0.2) is 5.78 Å². The van der Waals surface area contributed by atoms with E-state index in [9.17, 15) is 14.4 Å². The summed E-state index contributed by atoms with van der Waals surface area (Å²) in [6.07, 6.45) is -0.216. The van der Waals surface area contributed by atoms with Gasteiger partial charge in [0.1, 0.15) is 6.42 Å². The lowest BCUT2D eigenvalue weighted by Gasteiger charge is -2.09. The minimum atomic E-state index is -0.381. The zero-order valence-electron chi connectivity index (χ0n) is 11.3. The number of anilines is 1. The Bertz CT molecular complexity index is 478. The monoisotopic (exact) mass is 262 g/mol. The summed E-state index contributed by atoms with van der Waals surface area (Å²) in [5, 5.41) is 5.24. The van der Waals surface area contributed by atoms with Crippen molar-refractivity contribution in [1.29, 1.82) is 0 Å². The number of Topliss-reactive ketones (excluding diaryl/α,β-unsaturated/α-hetero) is 1. The van der Waals surface area contributed by atoms with E-state index in [1.807, 2.05) is 13.8 Å². The molecule has 0 saturated carbocycles. The number of hydrogen-bond donors (Lipinski definition) is 2. The Balaban J connectivity index is 2.53. The SMILES string of the molecule is CC(=O)c1ccc(NC(=O)CC(=O)NC(C)C)cc1. The van der Waals surface area contributed by atoms with E-state index in [0.29, 0.717) is 11.3 Å². The standard InChI is InChI=1S/C14H18N2O3/c1-9(2)15-13(18)8-14(19)16-12-6-4-11(5-7-12)10(3)17/h4-7,9H,8H2,1-3H3,(H,15,18)(H,16,19). The average molecular weight is 262 g/mol. The molecule has 5 heteroatoms. The molecule has 2 amide bonds. The second kappa shape index (κ2) is 6.68. The highest BCUT2D eigenvalue weighted by atomic mass is 16.2. The minimum Gasteiger partial charge on any atom is -0.353 e. The van der Waals surface area contributed by atoms with Crippen molar-refractivity contribution in [1.82, 2.24) is 5.32 Å². The first-order valence-electron chi connectivity index (χ1n) is 6.08. The first kappa shape index (κ1) is 14.9. The summed E-state index contributed by atoms with van der Waals surface area (Å²) in [7, 11) is 0. The zero-order valence-corrected chi connectivity index (χ0v) is 11.3. The Morgan fingerprint density at radius 2 is 1.63 bits per heavy atom. The molecule has 5 nitrogen and oxygen atoms in total. The van der Waals surface area contributed by atoms with Gasteiger partial charge in [0.05, 0.1) is 0 Å². The van der Waals surface area contributed by atoms with Crippen molar-refractivity contribution in [3.63, 3.8) is 0 Å². The molecule has 0 aliphatic heterocycles. The lowest BCUT2D eigenvalue weighted by Crippen LogP contribution is -2.33. The van der Waals surface area contributed by atoms with Gasteiger partial charge in [-0.1, -0.05) is 0 Å². The first-order valence-corrected chi connectivity index (χ1v) is 6.08. The molecule has 102 valence electrons. The maximum atomic E-state index is 11.6. The Hall–Kier alpha value is -2.17. The molecule has 1 aromatic carbocycles. The second-order valence-corrected chi connectivity index (χ2v) is 4.58. The molecule has 0 unspecified atom stereocenters. The molecule has 2 N–H and O–H groups in total. The van der Waals surface area contributed by atoms with Crippen LogP contribution in [0, 0.1) is 0 Å². The van der Waals surface area contributed by atoms with Gasteiger partial charge in [-0.05, 0) is 45.0 Å². The van der Waals surface area contributed by atoms with Crippen molar-refractivity contribution in [2.24, 2.45) is 0 Å². The first-order chi connectivity index (χ1) is 8.88. The van der Waals surface area contributed by atoms with Crippen LogP contribution < -0.4 is 10.6 Å². The molecule has 1 rings (SSSR count). The number of hydrogen-bond acceptors (Lipinski definition) is 3. The van der Waals surface area contributed by atoms with Crippen LogP contribution in [0.15, 0.2) is 24.3 Å². The summed E-state index contributed by atoms with van der Waals surface area (Å²) >= 11 is 0. The van der Waals surface area contributed by atoms with Crippen LogP contribution in [0.1, 0.15) is 37.6 Å². The maximum absolute atomic E-state index is 11.6. The predicted octanol–water partition coefficient (Wildman–Crippen LogP) is 1.74. The quantitative estimate of drug-likeness (QED) is 0.627. The summed E-state index contributed by atoms with van der Waals surface area (Å²) in [6, 6.07) is 6.54. The van der Waals surface area contributed by atoms with Crippen molar-refractivity contribution in [2.45, 2.75) is 33.2 Å². The van der Waals surface area contributed by atoms with E-state index in [1.165, 1.54) is 6.92 Å². The van der Waals surface area contributed by atoms with Gasteiger partial charge in [0.2, 0.25) is 11.8 Å². The third-order valence-corrected chi connectivity index (χ3v) is 2.35. The normalized spacial score (nSPS) is 10.1. The van der Waals surface area contributed by atoms with Gasteiger partial charge in [-0.15, -0.1) is 0 Å². The van der Waals surface area contributed by atoms with E-state index in [4.69, 9.17) is 0 Å². The highest BCUT2D eigenvalue weighted by Gasteiger charge is 2.10. The topological polar surface area (TPSA) is 75.3 Å². The largest absolute Gasteiger partial charge is 0.353 e. The van der Waals surface area contributed by atoms with Crippen LogP contribution in [0.5, 0.6) is 0 Å². The molecule has 0 radical (unpaired) electrons. The molecule has 1 aromatic rings. The minimum absolute atomic E-state index is 0.00940. The number of rotatable bonds is 5. The van der Waals surface area contributed by atoms with E-state index < -0.39 is 0 Å². The molecule has 0 aromatic heterocycles. The van der Waals surface area contributed by atoms with Crippen LogP contribution in [0.2, 0.25) is 0 Å². The molecule has 0 heterocycles. The summed E-state index contributed by atoms with van der Waals surface area (Å²) < 4.78 is 0. The van der Waals surface area contributed by atoms with Crippen LogP contribution >= 0.6 is 0 Å². The van der Waals surface area contributed by atoms with Crippen LogP contribution in [0.3, 0.4) is 0 Å². The molecule has 0 spiro atoms. The molecule has 0 atom stereocenters. The van der Waals surface area contributed by atoms with Gasteiger partial charge in [-0.2, -0.15) is 0 Å². The van der Waals surface area contributed by atoms with Crippen molar-refractivity contribution >= 4 is 23.3 Å². The highest BCUT2D eigenvalue weighted by molar-refractivity contribution is 6.03. The van der Waals surface area contributed by atoms with Gasteiger partial charge in [-0.25, -0.2) is 0 Å². The van der Waals surface area contributed by atoms with Crippen LogP contribution in [0.25, 0.3) is 0 Å². The Morgan fingerprint density at radius 3 is 2.11 bits per heavy atom. The number of carbonyl (C=O) groups is 3. The third kappa shape index (κ3) is 5.33. The Morgan fingerprint density at radius 1 is 1.05 bits per heavy atom. The van der Waals surface area contributed by atoms with Crippen molar-refractivity contribution in [3.8, 4) is 0 Å². The van der Waals surface area contributed by atoms with Crippen LogP contribution in [0.4, 0.5) is 5.69 Å².